The number of ketones is 1. The zero-order chi connectivity index (χ0) is 9.97. The molecule has 0 fully saturated rings. The quantitative estimate of drug-likeness (QED) is 0.676. The highest BCUT2D eigenvalue weighted by Crippen LogP contribution is 2.29. The molecular weight excluding hydrogens is 176 g/mol. The number of rotatable bonds is 1. The van der Waals surface area contributed by atoms with Crippen LogP contribution in [0.2, 0.25) is 0 Å². The van der Waals surface area contributed by atoms with Gasteiger partial charge in [0.15, 0.2) is 5.78 Å². The largest absolute Gasteiger partial charge is 0.492 e. The first-order valence-corrected chi connectivity index (χ1v) is 4.70. The summed E-state index contributed by atoms with van der Waals surface area (Å²) in [6.45, 7) is 1.89. The number of benzene rings is 1. The number of hydrogen-bond acceptors (Lipinski definition) is 2. The van der Waals surface area contributed by atoms with Crippen LogP contribution in [0.4, 0.5) is 0 Å². The minimum Gasteiger partial charge on any atom is -0.492 e. The minimum atomic E-state index is -0.131. The molecule has 0 bridgehead atoms. The summed E-state index contributed by atoms with van der Waals surface area (Å²) in [5.41, 5.74) is 1.05. The maximum absolute atomic E-state index is 11.4. The predicted octanol–water partition coefficient (Wildman–Crippen LogP) is 2.48. The molecule has 1 aliphatic heterocycles. The molecule has 0 aromatic heterocycles. The van der Waals surface area contributed by atoms with E-state index in [4.69, 9.17) is 4.74 Å². The van der Waals surface area contributed by atoms with Crippen molar-refractivity contribution >= 4 is 5.78 Å². The lowest BCUT2D eigenvalue weighted by Crippen LogP contribution is -2.22. The summed E-state index contributed by atoms with van der Waals surface area (Å²) in [7, 11) is 0. The van der Waals surface area contributed by atoms with Crippen LogP contribution in [0.3, 0.4) is 0 Å². The molecule has 0 N–H and O–H groups in total. The highest BCUT2D eigenvalue weighted by atomic mass is 16.5. The topological polar surface area (TPSA) is 26.3 Å². The minimum absolute atomic E-state index is 0.0950. The fraction of sp³-hybridized carbons (Fsp3) is 0.250. The van der Waals surface area contributed by atoms with Gasteiger partial charge in [-0.25, -0.2) is 0 Å². The van der Waals surface area contributed by atoms with Gasteiger partial charge in [-0.05, 0) is 5.56 Å². The SMILES string of the molecule is C[C@H]1C(=O)C=CO[C@H]1c1ccccc1. The van der Waals surface area contributed by atoms with E-state index in [2.05, 4.69) is 0 Å². The fourth-order valence-electron chi connectivity index (χ4n) is 1.62. The van der Waals surface area contributed by atoms with Gasteiger partial charge < -0.3 is 4.74 Å². The number of hydrogen-bond donors (Lipinski definition) is 0. The van der Waals surface area contributed by atoms with E-state index in [0.717, 1.165) is 5.56 Å². The molecule has 1 aromatic rings. The van der Waals surface area contributed by atoms with E-state index in [1.54, 1.807) is 0 Å². The summed E-state index contributed by atoms with van der Waals surface area (Å²) >= 11 is 0. The number of ether oxygens (including phenoxy) is 1. The Labute approximate surface area is 83.2 Å². The van der Waals surface area contributed by atoms with Crippen molar-refractivity contribution in [2.24, 2.45) is 5.92 Å². The summed E-state index contributed by atoms with van der Waals surface area (Å²) in [6, 6.07) is 9.82. The molecule has 1 heterocycles. The van der Waals surface area contributed by atoms with E-state index in [-0.39, 0.29) is 17.8 Å². The molecule has 0 saturated carbocycles. The van der Waals surface area contributed by atoms with Gasteiger partial charge in [0.2, 0.25) is 0 Å². The molecule has 2 heteroatoms. The number of carbonyl (C=O) groups is 1. The summed E-state index contributed by atoms with van der Waals surface area (Å²) < 4.78 is 5.45. The molecule has 0 amide bonds. The van der Waals surface area contributed by atoms with Crippen LogP contribution in [0.25, 0.3) is 0 Å². The van der Waals surface area contributed by atoms with Crippen LogP contribution in [0.5, 0.6) is 0 Å². The lowest BCUT2D eigenvalue weighted by molar-refractivity contribution is -0.123. The van der Waals surface area contributed by atoms with E-state index < -0.39 is 0 Å². The lowest BCUT2D eigenvalue weighted by Gasteiger charge is -2.25. The molecule has 2 rings (SSSR count). The van der Waals surface area contributed by atoms with Crippen molar-refractivity contribution in [3.8, 4) is 0 Å². The van der Waals surface area contributed by atoms with Crippen molar-refractivity contribution < 1.29 is 9.53 Å². The summed E-state index contributed by atoms with van der Waals surface area (Å²) in [5, 5.41) is 0. The molecule has 1 aromatic carbocycles. The first kappa shape index (κ1) is 9.00. The maximum atomic E-state index is 11.4. The molecule has 0 radical (unpaired) electrons. The van der Waals surface area contributed by atoms with E-state index in [9.17, 15) is 4.79 Å². The Morgan fingerprint density at radius 2 is 1.93 bits per heavy atom. The smallest absolute Gasteiger partial charge is 0.165 e. The second kappa shape index (κ2) is 3.66. The molecule has 0 spiro atoms. The van der Waals surface area contributed by atoms with Crippen LogP contribution in [0, 0.1) is 5.92 Å². The molecule has 0 saturated heterocycles. The van der Waals surface area contributed by atoms with Gasteiger partial charge in [0, 0.05) is 6.08 Å². The normalized spacial score (nSPS) is 25.9. The standard InChI is InChI=1S/C12H12O2/c1-9-11(13)7-8-14-12(9)10-5-3-2-4-6-10/h2-9,12H,1H3/t9-,12+/m0/s1. The second-order valence-corrected chi connectivity index (χ2v) is 3.46. The average molecular weight is 188 g/mol. The Kier molecular flexibility index (Phi) is 2.35. The number of carbonyl (C=O) groups excluding carboxylic acids is 1. The van der Waals surface area contributed by atoms with Gasteiger partial charge in [0.25, 0.3) is 0 Å². The Morgan fingerprint density at radius 3 is 2.64 bits per heavy atom. The predicted molar refractivity (Wildman–Crippen MR) is 53.6 cm³/mol. The van der Waals surface area contributed by atoms with Crippen LogP contribution in [-0.4, -0.2) is 5.78 Å². The zero-order valence-corrected chi connectivity index (χ0v) is 8.01. The summed E-state index contributed by atoms with van der Waals surface area (Å²) in [4.78, 5) is 11.4. The summed E-state index contributed by atoms with van der Waals surface area (Å²) in [5.74, 6) is 0.0347. The molecule has 2 atom stereocenters. The zero-order valence-electron chi connectivity index (χ0n) is 8.01. The average Bonchev–Trinajstić information content (AvgIpc) is 2.23. The van der Waals surface area contributed by atoms with Gasteiger partial charge in [-0.3, -0.25) is 4.79 Å². The van der Waals surface area contributed by atoms with Gasteiger partial charge >= 0.3 is 0 Å². The van der Waals surface area contributed by atoms with Gasteiger partial charge in [-0.15, -0.1) is 0 Å². The van der Waals surface area contributed by atoms with Gasteiger partial charge in [0.1, 0.15) is 6.10 Å². The van der Waals surface area contributed by atoms with Crippen LogP contribution >= 0.6 is 0 Å². The first-order chi connectivity index (χ1) is 6.79. The maximum Gasteiger partial charge on any atom is 0.165 e. The molecule has 72 valence electrons. The highest BCUT2D eigenvalue weighted by Gasteiger charge is 2.27. The van der Waals surface area contributed by atoms with Crippen LogP contribution < -0.4 is 0 Å². The molecule has 0 aliphatic carbocycles. The van der Waals surface area contributed by atoms with Crippen LogP contribution in [0.1, 0.15) is 18.6 Å². The Morgan fingerprint density at radius 1 is 1.21 bits per heavy atom. The fourth-order valence-corrected chi connectivity index (χ4v) is 1.62. The summed E-state index contributed by atoms with van der Waals surface area (Å²) in [6.07, 6.45) is 2.85. The first-order valence-electron chi connectivity index (χ1n) is 4.70. The third-order valence-corrected chi connectivity index (χ3v) is 2.49. The molecule has 1 aliphatic rings. The van der Waals surface area contributed by atoms with E-state index in [0.29, 0.717) is 0 Å². The Bertz CT molecular complexity index is 354. The van der Waals surface area contributed by atoms with Crippen molar-refractivity contribution in [1.29, 1.82) is 0 Å². The van der Waals surface area contributed by atoms with Crippen molar-refractivity contribution in [3.05, 3.63) is 48.2 Å². The van der Waals surface area contributed by atoms with Gasteiger partial charge in [0.05, 0.1) is 12.2 Å². The molecule has 2 nitrogen and oxygen atoms in total. The Hall–Kier alpha value is -1.57. The number of allylic oxidation sites excluding steroid dienone is 1. The van der Waals surface area contributed by atoms with Gasteiger partial charge in [-0.1, -0.05) is 37.3 Å². The van der Waals surface area contributed by atoms with Crippen molar-refractivity contribution in [3.63, 3.8) is 0 Å². The lowest BCUT2D eigenvalue weighted by atomic mass is 9.92. The van der Waals surface area contributed by atoms with E-state index in [1.165, 1.54) is 12.3 Å². The van der Waals surface area contributed by atoms with Crippen LogP contribution in [-0.2, 0) is 9.53 Å². The Balaban J connectivity index is 2.28. The van der Waals surface area contributed by atoms with Crippen LogP contribution in [0.15, 0.2) is 42.7 Å². The highest BCUT2D eigenvalue weighted by molar-refractivity contribution is 5.92. The van der Waals surface area contributed by atoms with E-state index in [1.807, 2.05) is 37.3 Å². The van der Waals surface area contributed by atoms with E-state index >= 15 is 0 Å². The van der Waals surface area contributed by atoms with Gasteiger partial charge in [-0.2, -0.15) is 0 Å². The third kappa shape index (κ3) is 1.55. The second-order valence-electron chi connectivity index (χ2n) is 3.46. The van der Waals surface area contributed by atoms with Crippen molar-refractivity contribution in [1.82, 2.24) is 0 Å². The van der Waals surface area contributed by atoms with Crippen molar-refractivity contribution in [2.45, 2.75) is 13.0 Å². The third-order valence-electron chi connectivity index (χ3n) is 2.49. The van der Waals surface area contributed by atoms with Crippen molar-refractivity contribution in [2.75, 3.05) is 0 Å². The monoisotopic (exact) mass is 188 g/mol. The molecule has 14 heavy (non-hydrogen) atoms. The molecular formula is C12H12O2. The molecule has 0 unspecified atom stereocenters.